The number of carbonyl (C=O) groups excluding carboxylic acids is 3. The van der Waals surface area contributed by atoms with Gasteiger partial charge in [-0.05, 0) is 49.9 Å². The number of furan rings is 1. The van der Waals surface area contributed by atoms with Crippen LogP contribution in [0.25, 0.3) is 6.08 Å². The number of carbonyl (C=O) groups is 3. The zero-order chi connectivity index (χ0) is 16.6. The summed E-state index contributed by atoms with van der Waals surface area (Å²) >= 11 is 0.730. The van der Waals surface area contributed by atoms with Crippen LogP contribution in [0.4, 0.5) is 4.79 Å². The van der Waals surface area contributed by atoms with Gasteiger partial charge in [0.2, 0.25) is 0 Å². The average molecular weight is 327 g/mol. The lowest BCUT2D eigenvalue weighted by molar-refractivity contribution is -0.120. The lowest BCUT2D eigenvalue weighted by Crippen LogP contribution is -2.34. The lowest BCUT2D eigenvalue weighted by atomic mass is 10.1. The van der Waals surface area contributed by atoms with E-state index in [9.17, 15) is 14.4 Å². The average Bonchev–Trinajstić information content (AvgIpc) is 3.03. The van der Waals surface area contributed by atoms with E-state index in [1.165, 1.54) is 6.08 Å². The van der Waals surface area contributed by atoms with E-state index < -0.39 is 17.1 Å². The van der Waals surface area contributed by atoms with Gasteiger partial charge < -0.3 is 4.42 Å². The van der Waals surface area contributed by atoms with E-state index in [1.54, 1.807) is 43.3 Å². The van der Waals surface area contributed by atoms with Crippen LogP contribution < -0.4 is 0 Å². The number of benzene rings is 1. The number of hydrogen-bond donors (Lipinski definition) is 0. The van der Waals surface area contributed by atoms with Gasteiger partial charge >= 0.3 is 5.24 Å². The predicted molar refractivity (Wildman–Crippen MR) is 86.8 cm³/mol. The Kier molecular flexibility index (Phi) is 3.92. The summed E-state index contributed by atoms with van der Waals surface area (Å²) in [6.07, 6.45) is 1.47. The minimum absolute atomic E-state index is 0.171. The highest BCUT2D eigenvalue weighted by molar-refractivity contribution is 8.18. The van der Waals surface area contributed by atoms with Crippen molar-refractivity contribution < 1.29 is 18.8 Å². The second kappa shape index (κ2) is 5.89. The summed E-state index contributed by atoms with van der Waals surface area (Å²) in [5.41, 5.74) is 1.29. The maximum Gasteiger partial charge on any atom is 0.300 e. The molecule has 1 saturated heterocycles. The molecular formula is C17H13NO4S. The molecule has 0 atom stereocenters. The molecule has 0 radical (unpaired) electrons. The molecule has 1 aromatic heterocycles. The largest absolute Gasteiger partial charge is 0.462 e. The van der Waals surface area contributed by atoms with E-state index in [0.717, 1.165) is 17.3 Å². The molecule has 0 bridgehead atoms. The summed E-state index contributed by atoms with van der Waals surface area (Å²) in [7, 11) is 0. The molecule has 1 aliphatic rings. The van der Waals surface area contributed by atoms with Crippen molar-refractivity contribution in [1.82, 2.24) is 4.90 Å². The fourth-order valence-electron chi connectivity index (χ4n) is 2.13. The van der Waals surface area contributed by atoms with E-state index in [4.69, 9.17) is 4.42 Å². The minimum Gasteiger partial charge on any atom is -0.462 e. The van der Waals surface area contributed by atoms with E-state index >= 15 is 0 Å². The summed E-state index contributed by atoms with van der Waals surface area (Å²) in [6.45, 7) is 3.67. The first-order valence-electron chi connectivity index (χ1n) is 6.91. The molecule has 0 saturated carbocycles. The molecule has 3 rings (SSSR count). The van der Waals surface area contributed by atoms with Gasteiger partial charge in [0, 0.05) is 11.6 Å². The van der Waals surface area contributed by atoms with Gasteiger partial charge in [-0.3, -0.25) is 14.4 Å². The predicted octanol–water partition coefficient (Wildman–Crippen LogP) is 3.77. The maximum absolute atomic E-state index is 12.4. The monoisotopic (exact) mass is 327 g/mol. The van der Waals surface area contributed by atoms with Crippen molar-refractivity contribution in [3.63, 3.8) is 0 Å². The molecule has 0 N–H and O–H groups in total. The first-order chi connectivity index (χ1) is 11.0. The van der Waals surface area contributed by atoms with Gasteiger partial charge in [0.1, 0.15) is 11.5 Å². The Balaban J connectivity index is 1.88. The number of rotatable bonds is 2. The molecule has 0 spiro atoms. The Morgan fingerprint density at radius 2 is 1.78 bits per heavy atom. The normalized spacial score (nSPS) is 16.4. The molecule has 1 aromatic carbocycles. The van der Waals surface area contributed by atoms with E-state index in [0.29, 0.717) is 22.0 Å². The Hall–Kier alpha value is -2.60. The van der Waals surface area contributed by atoms with Crippen molar-refractivity contribution in [1.29, 1.82) is 0 Å². The Bertz CT molecular complexity index is 833. The first-order valence-corrected chi connectivity index (χ1v) is 7.73. The second-order valence-corrected chi connectivity index (χ2v) is 6.13. The van der Waals surface area contributed by atoms with E-state index in [-0.39, 0.29) is 4.91 Å². The summed E-state index contributed by atoms with van der Waals surface area (Å²) in [6, 6.07) is 10.2. The second-order valence-electron chi connectivity index (χ2n) is 5.14. The molecule has 116 valence electrons. The van der Waals surface area contributed by atoms with Crippen molar-refractivity contribution in [2.45, 2.75) is 13.8 Å². The highest BCUT2D eigenvalue weighted by atomic mass is 32.2. The molecule has 6 heteroatoms. The van der Waals surface area contributed by atoms with E-state index in [1.807, 2.05) is 6.92 Å². The zero-order valence-corrected chi connectivity index (χ0v) is 13.3. The molecule has 3 amide bonds. The quantitative estimate of drug-likeness (QED) is 0.620. The van der Waals surface area contributed by atoms with Crippen molar-refractivity contribution in [2.24, 2.45) is 0 Å². The van der Waals surface area contributed by atoms with Crippen LogP contribution in [0.15, 0.2) is 45.7 Å². The van der Waals surface area contributed by atoms with Crippen molar-refractivity contribution in [3.05, 3.63) is 64.0 Å². The molecule has 5 nitrogen and oxygen atoms in total. The van der Waals surface area contributed by atoms with Crippen molar-refractivity contribution in [2.75, 3.05) is 0 Å². The van der Waals surface area contributed by atoms with Gasteiger partial charge in [-0.1, -0.05) is 17.7 Å². The van der Waals surface area contributed by atoms with Gasteiger partial charge in [-0.15, -0.1) is 0 Å². The van der Waals surface area contributed by atoms with Crippen LogP contribution in [-0.4, -0.2) is 22.0 Å². The van der Waals surface area contributed by atoms with Crippen LogP contribution in [0.3, 0.4) is 0 Å². The number of imide groups is 3. The Labute approximate surface area is 137 Å². The number of nitrogens with zero attached hydrogens (tertiary/aromatic N) is 1. The molecule has 23 heavy (non-hydrogen) atoms. The molecule has 2 heterocycles. The Morgan fingerprint density at radius 1 is 1.09 bits per heavy atom. The highest BCUT2D eigenvalue weighted by Crippen LogP contribution is 2.33. The number of amides is 3. The van der Waals surface area contributed by atoms with Crippen LogP contribution in [0.5, 0.6) is 0 Å². The van der Waals surface area contributed by atoms with Gasteiger partial charge in [0.05, 0.1) is 4.91 Å². The summed E-state index contributed by atoms with van der Waals surface area (Å²) in [4.78, 5) is 37.6. The minimum atomic E-state index is -0.625. The highest BCUT2D eigenvalue weighted by Gasteiger charge is 2.40. The van der Waals surface area contributed by atoms with Gasteiger partial charge in [-0.25, -0.2) is 4.90 Å². The van der Waals surface area contributed by atoms with Crippen molar-refractivity contribution in [3.8, 4) is 0 Å². The smallest absolute Gasteiger partial charge is 0.300 e. The lowest BCUT2D eigenvalue weighted by Gasteiger charge is -2.10. The third-order valence-electron chi connectivity index (χ3n) is 3.33. The maximum atomic E-state index is 12.4. The van der Waals surface area contributed by atoms with Crippen LogP contribution in [-0.2, 0) is 4.79 Å². The molecular weight excluding hydrogens is 314 g/mol. The fourth-order valence-corrected chi connectivity index (χ4v) is 2.93. The van der Waals surface area contributed by atoms with E-state index in [2.05, 4.69) is 0 Å². The van der Waals surface area contributed by atoms with Crippen LogP contribution in [0.2, 0.25) is 0 Å². The number of thioether (sulfide) groups is 1. The molecule has 1 fully saturated rings. The molecule has 1 aliphatic heterocycles. The van der Waals surface area contributed by atoms with Crippen LogP contribution in [0.1, 0.15) is 27.4 Å². The first kappa shape index (κ1) is 15.3. The zero-order valence-electron chi connectivity index (χ0n) is 12.5. The standard InChI is InChI=1S/C17H13NO4S/c1-10-3-6-12(7-4-10)15(19)18-16(20)14(23-17(18)21)9-13-8-5-11(2)22-13/h3-9H,1-2H3/b14-9+. The molecule has 0 unspecified atom stereocenters. The number of aryl methyl sites for hydroxylation is 2. The fraction of sp³-hybridized carbons (Fsp3) is 0.118. The molecule has 0 aliphatic carbocycles. The third kappa shape index (κ3) is 2.98. The van der Waals surface area contributed by atoms with Gasteiger partial charge in [0.15, 0.2) is 0 Å². The van der Waals surface area contributed by atoms with Gasteiger partial charge in [0.25, 0.3) is 11.8 Å². The summed E-state index contributed by atoms with van der Waals surface area (Å²) in [5, 5.41) is -0.602. The Morgan fingerprint density at radius 3 is 2.39 bits per heavy atom. The summed E-state index contributed by atoms with van der Waals surface area (Å²) < 4.78 is 5.37. The summed E-state index contributed by atoms with van der Waals surface area (Å²) in [5.74, 6) is -0.0758. The van der Waals surface area contributed by atoms with Crippen molar-refractivity contribution >= 4 is 34.9 Å². The van der Waals surface area contributed by atoms with Crippen LogP contribution >= 0.6 is 11.8 Å². The topological polar surface area (TPSA) is 67.6 Å². The van der Waals surface area contributed by atoms with Gasteiger partial charge in [-0.2, -0.15) is 0 Å². The van der Waals surface area contributed by atoms with Crippen LogP contribution in [0, 0.1) is 13.8 Å². The number of hydrogen-bond acceptors (Lipinski definition) is 5. The third-order valence-corrected chi connectivity index (χ3v) is 4.20. The molecule has 2 aromatic rings. The SMILES string of the molecule is Cc1ccc(C(=O)N2C(=O)S/C(=C/c3ccc(C)o3)C2=O)cc1.